The van der Waals surface area contributed by atoms with Crippen molar-refractivity contribution in [2.45, 2.75) is 6.61 Å². The van der Waals surface area contributed by atoms with Crippen LogP contribution in [0.4, 0.5) is 0 Å². The molecule has 2 aromatic rings. The smallest absolute Gasteiger partial charge is 0.140 e. The maximum atomic E-state index is 8.97. The van der Waals surface area contributed by atoms with Gasteiger partial charge in [0.15, 0.2) is 0 Å². The average Bonchev–Trinajstić information content (AvgIpc) is 2.61. The molecule has 3 nitrogen and oxygen atoms in total. The van der Waals surface area contributed by atoms with Crippen LogP contribution in [0.15, 0.2) is 30.5 Å². The molecular formula is C11H11ClN2O. The topological polar surface area (TPSA) is 38.0 Å². The normalized spacial score (nSPS) is 10.6. The van der Waals surface area contributed by atoms with E-state index in [-0.39, 0.29) is 6.61 Å². The van der Waals surface area contributed by atoms with Crippen LogP contribution in [0.1, 0.15) is 5.69 Å². The summed E-state index contributed by atoms with van der Waals surface area (Å²) in [7, 11) is 1.90. The van der Waals surface area contributed by atoms with Crippen molar-refractivity contribution >= 4 is 11.6 Å². The largest absolute Gasteiger partial charge is 0.390 e. The highest BCUT2D eigenvalue weighted by molar-refractivity contribution is 6.30. The number of hydrogen-bond donors (Lipinski definition) is 1. The molecule has 1 aromatic carbocycles. The number of rotatable bonds is 2. The van der Waals surface area contributed by atoms with E-state index in [9.17, 15) is 0 Å². The van der Waals surface area contributed by atoms with Crippen LogP contribution in [0.25, 0.3) is 11.4 Å². The molecule has 0 aliphatic rings. The van der Waals surface area contributed by atoms with Gasteiger partial charge in [0.05, 0.1) is 12.3 Å². The Morgan fingerprint density at radius 2 is 2.00 bits per heavy atom. The van der Waals surface area contributed by atoms with E-state index < -0.39 is 0 Å². The minimum absolute atomic E-state index is 0.0402. The zero-order valence-electron chi connectivity index (χ0n) is 8.31. The lowest BCUT2D eigenvalue weighted by molar-refractivity contribution is 0.277. The predicted octanol–water partition coefficient (Wildman–Crippen LogP) is 2.23. The van der Waals surface area contributed by atoms with Crippen molar-refractivity contribution < 1.29 is 5.11 Å². The molecule has 0 aliphatic heterocycles. The predicted molar refractivity (Wildman–Crippen MR) is 59.6 cm³/mol. The van der Waals surface area contributed by atoms with E-state index in [1.54, 1.807) is 0 Å². The number of halogens is 1. The molecule has 0 fully saturated rings. The molecule has 1 aromatic heterocycles. The Morgan fingerprint density at radius 3 is 2.53 bits per heavy atom. The van der Waals surface area contributed by atoms with Gasteiger partial charge in [-0.2, -0.15) is 0 Å². The third-order valence-corrected chi connectivity index (χ3v) is 2.44. The highest BCUT2D eigenvalue weighted by Crippen LogP contribution is 2.20. The number of hydrogen-bond acceptors (Lipinski definition) is 2. The SMILES string of the molecule is Cn1cc(CO)nc1-c1ccc(Cl)cc1. The summed E-state index contributed by atoms with van der Waals surface area (Å²) in [4.78, 5) is 4.30. The molecule has 1 N–H and O–H groups in total. The zero-order valence-corrected chi connectivity index (χ0v) is 9.07. The van der Waals surface area contributed by atoms with Gasteiger partial charge in [-0.3, -0.25) is 0 Å². The summed E-state index contributed by atoms with van der Waals surface area (Å²) in [5.41, 5.74) is 1.66. The van der Waals surface area contributed by atoms with E-state index in [0.717, 1.165) is 11.4 Å². The Morgan fingerprint density at radius 1 is 1.33 bits per heavy atom. The number of aliphatic hydroxyl groups excluding tert-OH is 1. The van der Waals surface area contributed by atoms with E-state index in [0.29, 0.717) is 10.7 Å². The first kappa shape index (κ1) is 10.2. The van der Waals surface area contributed by atoms with Gasteiger partial charge in [0.2, 0.25) is 0 Å². The highest BCUT2D eigenvalue weighted by atomic mass is 35.5. The van der Waals surface area contributed by atoms with Crippen molar-refractivity contribution in [1.82, 2.24) is 9.55 Å². The summed E-state index contributed by atoms with van der Waals surface area (Å²) in [6.45, 7) is -0.0402. The lowest BCUT2D eigenvalue weighted by atomic mass is 10.2. The second-order valence-electron chi connectivity index (χ2n) is 3.33. The van der Waals surface area contributed by atoms with Crippen LogP contribution in [0.5, 0.6) is 0 Å². The van der Waals surface area contributed by atoms with E-state index in [1.165, 1.54) is 0 Å². The zero-order chi connectivity index (χ0) is 10.8. The molecule has 2 rings (SSSR count). The van der Waals surface area contributed by atoms with Crippen molar-refractivity contribution in [2.24, 2.45) is 7.05 Å². The van der Waals surface area contributed by atoms with Crippen molar-refractivity contribution in [3.63, 3.8) is 0 Å². The van der Waals surface area contributed by atoms with E-state index in [2.05, 4.69) is 4.98 Å². The number of imidazole rings is 1. The van der Waals surface area contributed by atoms with Crippen molar-refractivity contribution in [3.8, 4) is 11.4 Å². The Hall–Kier alpha value is -1.32. The summed E-state index contributed by atoms with van der Waals surface area (Å²) < 4.78 is 1.88. The quantitative estimate of drug-likeness (QED) is 0.846. The van der Waals surface area contributed by atoms with Gasteiger partial charge in [-0.15, -0.1) is 0 Å². The lowest BCUT2D eigenvalue weighted by Crippen LogP contribution is -1.90. The van der Waals surface area contributed by atoms with Crippen LogP contribution in [-0.2, 0) is 13.7 Å². The molecule has 0 bridgehead atoms. The molecular weight excluding hydrogens is 212 g/mol. The van der Waals surface area contributed by atoms with Gasteiger partial charge < -0.3 is 9.67 Å². The van der Waals surface area contributed by atoms with Gasteiger partial charge >= 0.3 is 0 Å². The first-order valence-corrected chi connectivity index (χ1v) is 4.97. The number of nitrogens with zero attached hydrogens (tertiary/aromatic N) is 2. The van der Waals surface area contributed by atoms with Crippen LogP contribution < -0.4 is 0 Å². The fraction of sp³-hybridized carbons (Fsp3) is 0.182. The maximum absolute atomic E-state index is 8.97. The first-order chi connectivity index (χ1) is 7.20. The third kappa shape index (κ3) is 2.03. The average molecular weight is 223 g/mol. The van der Waals surface area contributed by atoms with Gasteiger partial charge in [-0.05, 0) is 24.3 Å². The minimum Gasteiger partial charge on any atom is -0.390 e. The fourth-order valence-corrected chi connectivity index (χ4v) is 1.60. The molecule has 0 saturated carbocycles. The molecule has 1 heterocycles. The minimum atomic E-state index is -0.0402. The molecule has 0 amide bonds. The number of aliphatic hydroxyl groups is 1. The maximum Gasteiger partial charge on any atom is 0.140 e. The Labute approximate surface area is 93.0 Å². The van der Waals surface area contributed by atoms with Crippen LogP contribution in [0.3, 0.4) is 0 Å². The number of aromatic nitrogens is 2. The van der Waals surface area contributed by atoms with Crippen LogP contribution in [0.2, 0.25) is 5.02 Å². The lowest BCUT2D eigenvalue weighted by Gasteiger charge is -2.00. The molecule has 0 radical (unpaired) electrons. The molecule has 4 heteroatoms. The van der Waals surface area contributed by atoms with E-state index in [1.807, 2.05) is 42.1 Å². The van der Waals surface area contributed by atoms with Crippen molar-refractivity contribution in [2.75, 3.05) is 0 Å². The molecule has 0 aliphatic carbocycles. The van der Waals surface area contributed by atoms with Crippen molar-refractivity contribution in [3.05, 3.63) is 41.2 Å². The van der Waals surface area contributed by atoms with Gasteiger partial charge in [0.1, 0.15) is 5.82 Å². The van der Waals surface area contributed by atoms with E-state index in [4.69, 9.17) is 16.7 Å². The van der Waals surface area contributed by atoms with Gasteiger partial charge in [-0.25, -0.2) is 4.98 Å². The standard InChI is InChI=1S/C11H11ClN2O/c1-14-6-10(7-15)13-11(14)8-2-4-9(12)5-3-8/h2-6,15H,7H2,1H3. The highest BCUT2D eigenvalue weighted by Gasteiger charge is 2.06. The Kier molecular flexibility index (Phi) is 2.75. The van der Waals surface area contributed by atoms with Crippen LogP contribution in [-0.4, -0.2) is 14.7 Å². The fourth-order valence-electron chi connectivity index (χ4n) is 1.47. The van der Waals surface area contributed by atoms with Crippen LogP contribution in [0, 0.1) is 0 Å². The van der Waals surface area contributed by atoms with Crippen molar-refractivity contribution in [1.29, 1.82) is 0 Å². The first-order valence-electron chi connectivity index (χ1n) is 4.60. The van der Waals surface area contributed by atoms with E-state index >= 15 is 0 Å². The summed E-state index contributed by atoms with van der Waals surface area (Å²) in [5, 5.41) is 9.67. The van der Waals surface area contributed by atoms with Gasteiger partial charge in [-0.1, -0.05) is 11.6 Å². The number of benzene rings is 1. The summed E-state index contributed by atoms with van der Waals surface area (Å²) in [5.74, 6) is 0.829. The second kappa shape index (κ2) is 4.04. The monoisotopic (exact) mass is 222 g/mol. The molecule has 0 unspecified atom stereocenters. The molecule has 0 spiro atoms. The van der Waals surface area contributed by atoms with Gasteiger partial charge in [0, 0.05) is 23.8 Å². The third-order valence-electron chi connectivity index (χ3n) is 2.19. The van der Waals surface area contributed by atoms with Crippen LogP contribution >= 0.6 is 11.6 Å². The molecule has 15 heavy (non-hydrogen) atoms. The Balaban J connectivity index is 2.44. The summed E-state index contributed by atoms with van der Waals surface area (Å²) >= 11 is 5.80. The molecule has 78 valence electrons. The summed E-state index contributed by atoms with van der Waals surface area (Å²) in [6.07, 6.45) is 1.81. The molecule has 0 saturated heterocycles. The Bertz CT molecular complexity index is 462. The second-order valence-corrected chi connectivity index (χ2v) is 3.77. The summed E-state index contributed by atoms with van der Waals surface area (Å²) in [6, 6.07) is 7.46. The van der Waals surface area contributed by atoms with Gasteiger partial charge in [0.25, 0.3) is 0 Å². The number of aryl methyl sites for hydroxylation is 1. The molecule has 0 atom stereocenters.